The number of carbonyl (C=O) groups is 3. The SMILES string of the molecule is Cc1nn(CC2CNC(=O)O2)c(C)c1NC(=O)c1cc(C(N)=O)c2ccccc2n1. The van der Waals surface area contributed by atoms with Crippen molar-refractivity contribution < 1.29 is 19.1 Å². The molecule has 1 aromatic carbocycles. The second-order valence-corrected chi connectivity index (χ2v) is 7.03. The van der Waals surface area contributed by atoms with Crippen molar-refractivity contribution in [3.05, 3.63) is 53.0 Å². The number of rotatable bonds is 5. The normalized spacial score (nSPS) is 15.7. The van der Waals surface area contributed by atoms with Crippen molar-refractivity contribution in [3.8, 4) is 0 Å². The fourth-order valence-electron chi connectivity index (χ4n) is 3.46. The summed E-state index contributed by atoms with van der Waals surface area (Å²) in [6.07, 6.45) is -0.790. The van der Waals surface area contributed by atoms with E-state index in [-0.39, 0.29) is 17.4 Å². The first-order valence-electron chi connectivity index (χ1n) is 9.33. The maximum absolute atomic E-state index is 12.9. The monoisotopic (exact) mass is 408 g/mol. The molecular weight excluding hydrogens is 388 g/mol. The van der Waals surface area contributed by atoms with Crippen molar-refractivity contribution in [3.63, 3.8) is 0 Å². The second kappa shape index (κ2) is 7.47. The summed E-state index contributed by atoms with van der Waals surface area (Å²) in [6.45, 7) is 4.33. The molecule has 30 heavy (non-hydrogen) atoms. The summed E-state index contributed by atoms with van der Waals surface area (Å²) >= 11 is 0. The smallest absolute Gasteiger partial charge is 0.407 e. The summed E-state index contributed by atoms with van der Waals surface area (Å²) in [4.78, 5) is 40.3. The standard InChI is InChI=1S/C20H20N6O4/c1-10-17(11(2)26(25-10)9-12-8-22-20(29)30-12)24-19(28)16-7-14(18(21)27)13-5-3-4-6-15(13)23-16/h3-7,12H,8-9H2,1-2H3,(H2,21,27)(H,22,29)(H,24,28). The van der Waals surface area contributed by atoms with Gasteiger partial charge in [-0.05, 0) is 26.0 Å². The van der Waals surface area contributed by atoms with Gasteiger partial charge in [0.25, 0.3) is 5.91 Å². The van der Waals surface area contributed by atoms with Crippen molar-refractivity contribution in [2.75, 3.05) is 11.9 Å². The Morgan fingerprint density at radius 1 is 1.33 bits per heavy atom. The van der Waals surface area contributed by atoms with Crippen molar-refractivity contribution in [1.82, 2.24) is 20.1 Å². The van der Waals surface area contributed by atoms with Crippen LogP contribution in [0.15, 0.2) is 30.3 Å². The number of para-hydroxylation sites is 1. The molecule has 0 saturated carbocycles. The molecule has 10 heteroatoms. The first-order chi connectivity index (χ1) is 14.3. The molecule has 154 valence electrons. The number of amides is 3. The minimum Gasteiger partial charge on any atom is -0.442 e. The van der Waals surface area contributed by atoms with Gasteiger partial charge in [0.15, 0.2) is 0 Å². The van der Waals surface area contributed by atoms with E-state index in [0.717, 1.165) is 0 Å². The lowest BCUT2D eigenvalue weighted by atomic mass is 10.1. The number of anilines is 1. The number of carbonyl (C=O) groups excluding carboxylic acids is 3. The molecule has 2 aromatic heterocycles. The number of aromatic nitrogens is 3. The Balaban J connectivity index is 1.61. The first kappa shape index (κ1) is 19.4. The number of benzene rings is 1. The fourth-order valence-corrected chi connectivity index (χ4v) is 3.46. The molecule has 0 spiro atoms. The van der Waals surface area contributed by atoms with Gasteiger partial charge in [-0.15, -0.1) is 0 Å². The molecule has 3 amide bonds. The van der Waals surface area contributed by atoms with Crippen molar-refractivity contribution >= 4 is 34.5 Å². The van der Waals surface area contributed by atoms with E-state index in [1.807, 2.05) is 6.92 Å². The summed E-state index contributed by atoms with van der Waals surface area (Å²) in [5.74, 6) is -1.12. The maximum Gasteiger partial charge on any atom is 0.407 e. The average molecular weight is 408 g/mol. The molecular formula is C20H20N6O4. The summed E-state index contributed by atoms with van der Waals surface area (Å²) in [6, 6.07) is 8.37. The first-order valence-corrected chi connectivity index (χ1v) is 9.33. The van der Waals surface area contributed by atoms with Crippen molar-refractivity contribution in [1.29, 1.82) is 0 Å². The molecule has 1 aliphatic heterocycles. The number of alkyl carbamates (subject to hydrolysis) is 1. The third-order valence-electron chi connectivity index (χ3n) is 4.96. The van der Waals surface area contributed by atoms with Gasteiger partial charge in [0.2, 0.25) is 5.91 Å². The number of fused-ring (bicyclic) bond motifs is 1. The number of hydrogen-bond donors (Lipinski definition) is 3. The number of cyclic esters (lactones) is 1. The molecule has 1 saturated heterocycles. The minimum absolute atomic E-state index is 0.0722. The number of pyridine rings is 1. The number of nitrogens with two attached hydrogens (primary N) is 1. The Kier molecular flexibility index (Phi) is 4.82. The van der Waals surface area contributed by atoms with Gasteiger partial charge in [0.05, 0.1) is 41.2 Å². The van der Waals surface area contributed by atoms with E-state index in [9.17, 15) is 14.4 Å². The molecule has 0 bridgehead atoms. The quantitative estimate of drug-likeness (QED) is 0.584. The van der Waals surface area contributed by atoms with Crippen LogP contribution < -0.4 is 16.4 Å². The number of ether oxygens (including phenoxy) is 1. The molecule has 3 heterocycles. The van der Waals surface area contributed by atoms with E-state index in [0.29, 0.717) is 41.1 Å². The Hall–Kier alpha value is -3.95. The molecule has 4 N–H and O–H groups in total. The molecule has 0 aliphatic carbocycles. The Morgan fingerprint density at radius 2 is 2.10 bits per heavy atom. The van der Waals surface area contributed by atoms with Gasteiger partial charge in [-0.3, -0.25) is 14.3 Å². The number of nitrogens with zero attached hydrogens (tertiary/aromatic N) is 3. The Morgan fingerprint density at radius 3 is 2.80 bits per heavy atom. The lowest BCUT2D eigenvalue weighted by Gasteiger charge is -2.11. The predicted octanol–water partition coefficient (Wildman–Crippen LogP) is 1.51. The van der Waals surface area contributed by atoms with Gasteiger partial charge in [-0.1, -0.05) is 18.2 Å². The van der Waals surface area contributed by atoms with E-state index < -0.39 is 17.9 Å². The highest BCUT2D eigenvalue weighted by Gasteiger charge is 2.25. The van der Waals surface area contributed by atoms with Gasteiger partial charge >= 0.3 is 6.09 Å². The highest BCUT2D eigenvalue weighted by molar-refractivity contribution is 6.10. The topological polar surface area (TPSA) is 141 Å². The molecule has 1 aliphatic rings. The van der Waals surface area contributed by atoms with Crippen LogP contribution in [0, 0.1) is 13.8 Å². The van der Waals surface area contributed by atoms with Crippen molar-refractivity contribution in [2.45, 2.75) is 26.5 Å². The number of hydrogen-bond acceptors (Lipinski definition) is 6. The molecule has 3 aromatic rings. The molecule has 10 nitrogen and oxygen atoms in total. The fraction of sp³-hybridized carbons (Fsp3) is 0.250. The minimum atomic E-state index is -0.637. The number of aryl methyl sites for hydroxylation is 1. The van der Waals surface area contributed by atoms with Gasteiger partial charge in [-0.2, -0.15) is 5.10 Å². The van der Waals surface area contributed by atoms with Gasteiger partial charge in [-0.25, -0.2) is 9.78 Å². The van der Waals surface area contributed by atoms with E-state index in [1.54, 1.807) is 35.9 Å². The summed E-state index contributed by atoms with van der Waals surface area (Å²) in [5, 5.41) is 10.4. The highest BCUT2D eigenvalue weighted by Crippen LogP contribution is 2.23. The second-order valence-electron chi connectivity index (χ2n) is 7.03. The average Bonchev–Trinajstić information content (AvgIpc) is 3.24. The van der Waals surface area contributed by atoms with Crippen LogP contribution in [0.5, 0.6) is 0 Å². The van der Waals surface area contributed by atoms with Crippen LogP contribution in [0.3, 0.4) is 0 Å². The van der Waals surface area contributed by atoms with Crippen LogP contribution in [-0.4, -0.2) is 45.3 Å². The molecule has 1 unspecified atom stereocenters. The third kappa shape index (κ3) is 3.54. The molecule has 1 atom stereocenters. The van der Waals surface area contributed by atoms with E-state index in [2.05, 4.69) is 20.7 Å². The van der Waals surface area contributed by atoms with Crippen LogP contribution in [-0.2, 0) is 11.3 Å². The zero-order chi connectivity index (χ0) is 21.4. The van der Waals surface area contributed by atoms with Crippen LogP contribution in [0.25, 0.3) is 10.9 Å². The summed E-state index contributed by atoms with van der Waals surface area (Å²) < 4.78 is 6.82. The van der Waals surface area contributed by atoms with E-state index in [4.69, 9.17) is 10.5 Å². The van der Waals surface area contributed by atoms with Gasteiger partial charge in [0.1, 0.15) is 11.8 Å². The highest BCUT2D eigenvalue weighted by atomic mass is 16.6. The molecule has 0 radical (unpaired) electrons. The Labute approximate surface area is 171 Å². The molecule has 1 fully saturated rings. The predicted molar refractivity (Wildman–Crippen MR) is 108 cm³/mol. The zero-order valence-corrected chi connectivity index (χ0v) is 16.4. The Bertz CT molecular complexity index is 1190. The summed E-state index contributed by atoms with van der Waals surface area (Å²) in [5.41, 5.74) is 8.13. The maximum atomic E-state index is 12.9. The van der Waals surface area contributed by atoms with Crippen molar-refractivity contribution in [2.24, 2.45) is 5.73 Å². The van der Waals surface area contributed by atoms with Crippen LogP contribution >= 0.6 is 0 Å². The number of primary amides is 1. The van der Waals surface area contributed by atoms with E-state index in [1.165, 1.54) is 6.07 Å². The largest absolute Gasteiger partial charge is 0.442 e. The van der Waals surface area contributed by atoms with E-state index >= 15 is 0 Å². The lowest BCUT2D eigenvalue weighted by molar-refractivity contribution is 0.100. The van der Waals surface area contributed by atoms with Crippen LogP contribution in [0.2, 0.25) is 0 Å². The third-order valence-corrected chi connectivity index (χ3v) is 4.96. The lowest BCUT2D eigenvalue weighted by Crippen LogP contribution is -2.22. The molecule has 4 rings (SSSR count). The van der Waals surface area contributed by atoms with Gasteiger partial charge in [0, 0.05) is 5.39 Å². The zero-order valence-electron chi connectivity index (χ0n) is 16.4. The summed E-state index contributed by atoms with van der Waals surface area (Å²) in [7, 11) is 0. The number of nitrogens with one attached hydrogen (secondary N) is 2. The van der Waals surface area contributed by atoms with Gasteiger partial charge < -0.3 is 21.1 Å². The van der Waals surface area contributed by atoms with Crippen LogP contribution in [0.4, 0.5) is 10.5 Å². The van der Waals surface area contributed by atoms with Crippen LogP contribution in [0.1, 0.15) is 32.2 Å².